The monoisotopic (exact) mass is 402 g/mol. The normalized spacial score (nSPS) is 10.8. The number of rotatable bonds is 4. The molecule has 0 spiro atoms. The van der Waals surface area contributed by atoms with Gasteiger partial charge in [0, 0.05) is 17.0 Å². The molecule has 0 atom stereocenters. The van der Waals surface area contributed by atoms with Crippen LogP contribution in [0.2, 0.25) is 0 Å². The van der Waals surface area contributed by atoms with Crippen LogP contribution in [-0.4, -0.2) is 5.78 Å². The number of hydrogen-bond donors (Lipinski definition) is 0. The van der Waals surface area contributed by atoms with Crippen molar-refractivity contribution >= 4 is 32.6 Å². The first-order valence-corrected chi connectivity index (χ1v) is 9.26. The van der Waals surface area contributed by atoms with Crippen LogP contribution < -0.4 is 4.57 Å². The molecular formula is C23H17BrNO+. The summed E-state index contributed by atoms with van der Waals surface area (Å²) in [6.07, 6.45) is 1.96. The lowest BCUT2D eigenvalue weighted by Gasteiger charge is -2.05. The maximum absolute atomic E-state index is 12.8. The van der Waals surface area contributed by atoms with Crippen molar-refractivity contribution in [3.8, 4) is 11.1 Å². The van der Waals surface area contributed by atoms with Gasteiger partial charge in [0.25, 0.3) is 0 Å². The highest BCUT2D eigenvalue weighted by Gasteiger charge is 2.16. The van der Waals surface area contributed by atoms with Crippen molar-refractivity contribution in [2.45, 2.75) is 6.54 Å². The van der Waals surface area contributed by atoms with Gasteiger partial charge in [0.15, 0.2) is 6.20 Å². The number of carbonyl (C=O) groups excluding carboxylic acids is 1. The minimum atomic E-state index is 0.0952. The van der Waals surface area contributed by atoms with Crippen molar-refractivity contribution in [3.63, 3.8) is 0 Å². The predicted octanol–water partition coefficient (Wildman–Crippen LogP) is 5.44. The van der Waals surface area contributed by atoms with Crippen LogP contribution in [-0.2, 0) is 6.54 Å². The van der Waals surface area contributed by atoms with Crippen LogP contribution in [0.4, 0.5) is 0 Å². The standard InChI is InChI=1S/C23H17BrNO/c24-21-14-20-8-4-5-9-22(20)25(15-21)16-23(26)19-12-10-18(11-13-19)17-6-2-1-3-7-17/h1-15H,16H2/q+1. The maximum atomic E-state index is 12.8. The van der Waals surface area contributed by atoms with Crippen molar-refractivity contribution in [3.05, 3.63) is 101 Å². The van der Waals surface area contributed by atoms with Gasteiger partial charge in [0.05, 0.1) is 4.47 Å². The van der Waals surface area contributed by atoms with Gasteiger partial charge in [-0.25, -0.2) is 0 Å². The van der Waals surface area contributed by atoms with E-state index in [9.17, 15) is 4.79 Å². The zero-order chi connectivity index (χ0) is 17.9. The molecule has 3 aromatic carbocycles. The number of ketones is 1. The molecule has 0 N–H and O–H groups in total. The highest BCUT2D eigenvalue weighted by molar-refractivity contribution is 9.10. The number of nitrogens with zero attached hydrogens (tertiary/aromatic N) is 1. The summed E-state index contributed by atoms with van der Waals surface area (Å²) in [5.41, 5.74) is 4.03. The van der Waals surface area contributed by atoms with Gasteiger partial charge in [-0.05, 0) is 39.2 Å². The summed E-state index contributed by atoms with van der Waals surface area (Å²) >= 11 is 3.53. The molecular weight excluding hydrogens is 386 g/mol. The molecule has 0 amide bonds. The van der Waals surface area contributed by atoms with E-state index in [0.717, 1.165) is 32.1 Å². The summed E-state index contributed by atoms with van der Waals surface area (Å²) in [7, 11) is 0. The van der Waals surface area contributed by atoms with Crippen LogP contribution in [0.3, 0.4) is 0 Å². The largest absolute Gasteiger partial charge is 0.287 e. The van der Waals surface area contributed by atoms with Gasteiger partial charge in [-0.15, -0.1) is 0 Å². The molecule has 4 aromatic rings. The molecule has 4 rings (SSSR count). The summed E-state index contributed by atoms with van der Waals surface area (Å²) < 4.78 is 2.95. The van der Waals surface area contributed by atoms with E-state index in [0.29, 0.717) is 6.54 Å². The highest BCUT2D eigenvalue weighted by Crippen LogP contribution is 2.20. The molecule has 0 aliphatic carbocycles. The quantitative estimate of drug-likeness (QED) is 0.328. The van der Waals surface area contributed by atoms with E-state index in [1.807, 2.05) is 71.4 Å². The Hall–Kier alpha value is -2.78. The zero-order valence-electron chi connectivity index (χ0n) is 14.1. The van der Waals surface area contributed by atoms with Crippen LogP contribution in [0.5, 0.6) is 0 Å². The first kappa shape index (κ1) is 16.7. The summed E-state index contributed by atoms with van der Waals surface area (Å²) in [5, 5.41) is 1.11. The Labute approximate surface area is 160 Å². The fourth-order valence-electron chi connectivity index (χ4n) is 3.13. The molecule has 126 valence electrons. The lowest BCUT2D eigenvalue weighted by Crippen LogP contribution is -2.38. The number of para-hydroxylation sites is 1. The van der Waals surface area contributed by atoms with Gasteiger partial charge < -0.3 is 0 Å². The van der Waals surface area contributed by atoms with Crippen LogP contribution in [0.15, 0.2) is 95.6 Å². The molecule has 26 heavy (non-hydrogen) atoms. The van der Waals surface area contributed by atoms with Crippen LogP contribution in [0.1, 0.15) is 10.4 Å². The van der Waals surface area contributed by atoms with E-state index in [1.165, 1.54) is 0 Å². The molecule has 3 heteroatoms. The SMILES string of the molecule is O=C(C[n+]1cc(Br)cc2ccccc21)c1ccc(-c2ccccc2)cc1. The molecule has 0 bridgehead atoms. The lowest BCUT2D eigenvalue weighted by molar-refractivity contribution is -0.657. The number of benzene rings is 3. The first-order chi connectivity index (χ1) is 12.7. The molecule has 0 radical (unpaired) electrons. The molecule has 2 nitrogen and oxygen atoms in total. The molecule has 1 aromatic heterocycles. The minimum absolute atomic E-state index is 0.0952. The molecule has 0 aliphatic heterocycles. The number of carbonyl (C=O) groups is 1. The van der Waals surface area contributed by atoms with Gasteiger partial charge in [-0.3, -0.25) is 4.79 Å². The maximum Gasteiger partial charge on any atom is 0.227 e. The fourth-order valence-corrected chi connectivity index (χ4v) is 3.63. The van der Waals surface area contributed by atoms with E-state index >= 15 is 0 Å². The number of Topliss-reactive ketones (excluding diaryl/α,β-unsaturated/α-hetero) is 1. The second kappa shape index (κ2) is 7.22. The van der Waals surface area contributed by atoms with Crippen molar-refractivity contribution in [1.82, 2.24) is 0 Å². The number of hydrogen-bond acceptors (Lipinski definition) is 1. The third-order valence-corrected chi connectivity index (χ3v) is 4.88. The molecule has 1 heterocycles. The van der Waals surface area contributed by atoms with Gasteiger partial charge in [-0.1, -0.05) is 66.7 Å². The van der Waals surface area contributed by atoms with E-state index < -0.39 is 0 Å². The van der Waals surface area contributed by atoms with Crippen LogP contribution in [0.25, 0.3) is 22.0 Å². The average molecular weight is 403 g/mol. The van der Waals surface area contributed by atoms with Crippen molar-refractivity contribution < 1.29 is 9.36 Å². The van der Waals surface area contributed by atoms with E-state index in [1.54, 1.807) is 0 Å². The number of halogens is 1. The second-order valence-electron chi connectivity index (χ2n) is 6.21. The molecule has 0 fully saturated rings. The van der Waals surface area contributed by atoms with Crippen molar-refractivity contribution in [2.24, 2.45) is 0 Å². The Morgan fingerprint density at radius 1 is 0.808 bits per heavy atom. The second-order valence-corrected chi connectivity index (χ2v) is 7.13. The van der Waals surface area contributed by atoms with E-state index in [-0.39, 0.29) is 5.78 Å². The number of pyridine rings is 1. The molecule has 0 saturated carbocycles. The van der Waals surface area contributed by atoms with E-state index in [2.05, 4.69) is 40.2 Å². The third-order valence-electron chi connectivity index (χ3n) is 4.45. The predicted molar refractivity (Wildman–Crippen MR) is 108 cm³/mol. The topological polar surface area (TPSA) is 20.9 Å². The van der Waals surface area contributed by atoms with Gasteiger partial charge in [0.1, 0.15) is 0 Å². The Balaban J connectivity index is 1.61. The summed E-state index contributed by atoms with van der Waals surface area (Å²) in [4.78, 5) is 12.8. The Morgan fingerprint density at radius 3 is 2.23 bits per heavy atom. The zero-order valence-corrected chi connectivity index (χ0v) is 15.7. The van der Waals surface area contributed by atoms with Gasteiger partial charge in [-0.2, -0.15) is 4.57 Å². The number of fused-ring (bicyclic) bond motifs is 1. The Kier molecular flexibility index (Phi) is 4.63. The third kappa shape index (κ3) is 3.44. The van der Waals surface area contributed by atoms with Crippen LogP contribution in [0, 0.1) is 0 Å². The molecule has 0 saturated heterocycles. The smallest absolute Gasteiger partial charge is 0.227 e. The average Bonchev–Trinajstić information content (AvgIpc) is 2.68. The molecule has 0 aliphatic rings. The Morgan fingerprint density at radius 2 is 1.46 bits per heavy atom. The summed E-state index contributed by atoms with van der Waals surface area (Å²) in [6, 6.07) is 28.1. The minimum Gasteiger partial charge on any atom is -0.287 e. The Bertz CT molecular complexity index is 1070. The van der Waals surface area contributed by atoms with Crippen LogP contribution >= 0.6 is 15.9 Å². The summed E-state index contributed by atoms with van der Waals surface area (Å²) in [5.74, 6) is 0.0952. The van der Waals surface area contributed by atoms with Gasteiger partial charge in [0.2, 0.25) is 17.8 Å². The fraction of sp³-hybridized carbons (Fsp3) is 0.0435. The highest BCUT2D eigenvalue weighted by atomic mass is 79.9. The lowest BCUT2D eigenvalue weighted by atomic mass is 10.0. The molecule has 0 unspecified atom stereocenters. The first-order valence-electron chi connectivity index (χ1n) is 8.47. The van der Waals surface area contributed by atoms with Crippen molar-refractivity contribution in [2.75, 3.05) is 0 Å². The summed E-state index contributed by atoms with van der Waals surface area (Å²) in [6.45, 7) is 0.310. The van der Waals surface area contributed by atoms with Gasteiger partial charge >= 0.3 is 0 Å². The number of aromatic nitrogens is 1. The van der Waals surface area contributed by atoms with E-state index in [4.69, 9.17) is 0 Å². The van der Waals surface area contributed by atoms with Crippen molar-refractivity contribution in [1.29, 1.82) is 0 Å².